The molecule has 0 bridgehead atoms. The molecule has 1 saturated carbocycles. The molecule has 2 nitrogen and oxygen atoms in total. The van der Waals surface area contributed by atoms with E-state index in [1.165, 1.54) is 38.5 Å². The van der Waals surface area contributed by atoms with Gasteiger partial charge in [-0.3, -0.25) is 4.79 Å². The first kappa shape index (κ1) is 12.5. The molecule has 0 aromatic heterocycles. The van der Waals surface area contributed by atoms with Gasteiger partial charge in [-0.1, -0.05) is 39.0 Å². The number of hydrogen-bond acceptors (Lipinski definition) is 1. The molecule has 1 rings (SSSR count). The van der Waals surface area contributed by atoms with Crippen molar-refractivity contribution in [3.63, 3.8) is 0 Å². The zero-order valence-corrected chi connectivity index (χ0v) is 10.1. The lowest BCUT2D eigenvalue weighted by molar-refractivity contribution is -0.121. The van der Waals surface area contributed by atoms with Gasteiger partial charge in [-0.05, 0) is 25.2 Å². The van der Waals surface area contributed by atoms with Crippen LogP contribution in [0.25, 0.3) is 0 Å². The summed E-state index contributed by atoms with van der Waals surface area (Å²) in [7, 11) is 0. The third-order valence-corrected chi connectivity index (χ3v) is 3.31. The van der Waals surface area contributed by atoms with Crippen molar-refractivity contribution >= 4 is 5.91 Å². The van der Waals surface area contributed by atoms with Gasteiger partial charge in [0.05, 0.1) is 0 Å². The standard InChI is InChI=1S/C13H25NO/c1-2-11-14-13(15)10-6-9-12-7-4-3-5-8-12/h12H,2-11H2,1H3,(H,14,15). The second-order valence-corrected chi connectivity index (χ2v) is 4.75. The SMILES string of the molecule is CCCNC(=O)CCCC1CCCCC1. The highest BCUT2D eigenvalue weighted by Gasteiger charge is 2.13. The lowest BCUT2D eigenvalue weighted by atomic mass is 9.86. The van der Waals surface area contributed by atoms with Gasteiger partial charge in [0.1, 0.15) is 0 Å². The molecule has 0 aliphatic heterocycles. The van der Waals surface area contributed by atoms with Gasteiger partial charge in [0, 0.05) is 13.0 Å². The molecular weight excluding hydrogens is 186 g/mol. The summed E-state index contributed by atoms with van der Waals surface area (Å²) in [6.45, 7) is 2.92. The molecule has 0 saturated heterocycles. The molecule has 88 valence electrons. The highest BCUT2D eigenvalue weighted by molar-refractivity contribution is 5.75. The van der Waals surface area contributed by atoms with Crippen LogP contribution in [0, 0.1) is 5.92 Å². The normalized spacial score (nSPS) is 17.7. The molecule has 0 atom stereocenters. The maximum atomic E-state index is 11.3. The molecule has 1 aliphatic carbocycles. The van der Waals surface area contributed by atoms with Crippen molar-refractivity contribution in [3.05, 3.63) is 0 Å². The van der Waals surface area contributed by atoms with E-state index in [2.05, 4.69) is 12.2 Å². The summed E-state index contributed by atoms with van der Waals surface area (Å²) in [5.74, 6) is 1.16. The van der Waals surface area contributed by atoms with Gasteiger partial charge in [0.15, 0.2) is 0 Å². The predicted octanol–water partition coefficient (Wildman–Crippen LogP) is 3.26. The molecule has 0 aromatic carbocycles. The Morgan fingerprint density at radius 2 is 2.00 bits per heavy atom. The molecule has 15 heavy (non-hydrogen) atoms. The van der Waals surface area contributed by atoms with Crippen molar-refractivity contribution in [3.8, 4) is 0 Å². The number of nitrogens with one attached hydrogen (secondary N) is 1. The summed E-state index contributed by atoms with van der Waals surface area (Å²) in [6, 6.07) is 0. The smallest absolute Gasteiger partial charge is 0.219 e. The van der Waals surface area contributed by atoms with Crippen LogP contribution in [-0.4, -0.2) is 12.5 Å². The second kappa shape index (κ2) is 7.72. The van der Waals surface area contributed by atoms with Crippen molar-refractivity contribution in [1.82, 2.24) is 5.32 Å². The summed E-state index contributed by atoms with van der Waals surface area (Å²) in [6.07, 6.45) is 11.2. The Morgan fingerprint density at radius 3 is 2.67 bits per heavy atom. The molecule has 0 radical (unpaired) electrons. The van der Waals surface area contributed by atoms with Crippen molar-refractivity contribution in [1.29, 1.82) is 0 Å². The molecule has 0 heterocycles. The topological polar surface area (TPSA) is 29.1 Å². The largest absolute Gasteiger partial charge is 0.356 e. The summed E-state index contributed by atoms with van der Waals surface area (Å²) in [4.78, 5) is 11.3. The first-order valence-electron chi connectivity index (χ1n) is 6.59. The Kier molecular flexibility index (Phi) is 6.45. The Balaban J connectivity index is 1.97. The highest BCUT2D eigenvalue weighted by Crippen LogP contribution is 2.27. The fourth-order valence-electron chi connectivity index (χ4n) is 2.38. The Bertz CT molecular complexity index is 173. The fourth-order valence-corrected chi connectivity index (χ4v) is 2.38. The first-order chi connectivity index (χ1) is 7.33. The van der Waals surface area contributed by atoms with E-state index < -0.39 is 0 Å². The molecule has 1 N–H and O–H groups in total. The molecule has 0 spiro atoms. The van der Waals surface area contributed by atoms with Crippen molar-refractivity contribution in [2.75, 3.05) is 6.54 Å². The minimum absolute atomic E-state index is 0.243. The van der Waals surface area contributed by atoms with Crippen LogP contribution in [0.1, 0.15) is 64.7 Å². The molecule has 1 fully saturated rings. The third-order valence-electron chi connectivity index (χ3n) is 3.31. The number of amides is 1. The molecule has 0 unspecified atom stereocenters. The molecule has 1 aliphatic rings. The van der Waals surface area contributed by atoms with E-state index in [0.29, 0.717) is 0 Å². The van der Waals surface area contributed by atoms with E-state index in [1.807, 2.05) is 0 Å². The number of rotatable bonds is 6. The third kappa shape index (κ3) is 5.81. The van der Waals surface area contributed by atoms with Gasteiger partial charge in [-0.25, -0.2) is 0 Å². The van der Waals surface area contributed by atoms with E-state index in [1.54, 1.807) is 0 Å². The Labute approximate surface area is 93.8 Å². The zero-order valence-electron chi connectivity index (χ0n) is 10.1. The van der Waals surface area contributed by atoms with Crippen LogP contribution < -0.4 is 5.32 Å². The first-order valence-corrected chi connectivity index (χ1v) is 6.59. The summed E-state index contributed by atoms with van der Waals surface area (Å²) in [5.41, 5.74) is 0. The average Bonchev–Trinajstić information content (AvgIpc) is 2.28. The van der Waals surface area contributed by atoms with Crippen molar-refractivity contribution in [2.24, 2.45) is 5.92 Å². The van der Waals surface area contributed by atoms with E-state index in [9.17, 15) is 4.79 Å². The predicted molar refractivity (Wildman–Crippen MR) is 63.7 cm³/mol. The lowest BCUT2D eigenvalue weighted by Crippen LogP contribution is -2.23. The quantitative estimate of drug-likeness (QED) is 0.718. The van der Waals surface area contributed by atoms with Gasteiger partial charge >= 0.3 is 0 Å². The molecular formula is C13H25NO. The van der Waals surface area contributed by atoms with E-state index in [-0.39, 0.29) is 5.91 Å². The van der Waals surface area contributed by atoms with Gasteiger partial charge in [-0.2, -0.15) is 0 Å². The molecule has 0 aromatic rings. The van der Waals surface area contributed by atoms with Crippen LogP contribution in [0.3, 0.4) is 0 Å². The minimum Gasteiger partial charge on any atom is -0.356 e. The highest BCUT2D eigenvalue weighted by atomic mass is 16.1. The average molecular weight is 211 g/mol. The van der Waals surface area contributed by atoms with Crippen molar-refractivity contribution in [2.45, 2.75) is 64.7 Å². The van der Waals surface area contributed by atoms with Crippen LogP contribution in [0.2, 0.25) is 0 Å². The van der Waals surface area contributed by atoms with Crippen LogP contribution >= 0.6 is 0 Å². The summed E-state index contributed by atoms with van der Waals surface area (Å²) < 4.78 is 0. The summed E-state index contributed by atoms with van der Waals surface area (Å²) >= 11 is 0. The van der Waals surface area contributed by atoms with Gasteiger partial charge < -0.3 is 5.32 Å². The van der Waals surface area contributed by atoms with E-state index in [4.69, 9.17) is 0 Å². The molecule has 1 amide bonds. The van der Waals surface area contributed by atoms with Gasteiger partial charge in [0.25, 0.3) is 0 Å². The number of carbonyl (C=O) groups excluding carboxylic acids is 1. The fraction of sp³-hybridized carbons (Fsp3) is 0.923. The zero-order chi connectivity index (χ0) is 10.9. The minimum atomic E-state index is 0.243. The maximum Gasteiger partial charge on any atom is 0.219 e. The van der Waals surface area contributed by atoms with Gasteiger partial charge in [-0.15, -0.1) is 0 Å². The van der Waals surface area contributed by atoms with Crippen LogP contribution in [-0.2, 0) is 4.79 Å². The van der Waals surface area contributed by atoms with Crippen molar-refractivity contribution < 1.29 is 4.79 Å². The lowest BCUT2D eigenvalue weighted by Gasteiger charge is -2.21. The number of hydrogen-bond donors (Lipinski definition) is 1. The van der Waals surface area contributed by atoms with Crippen LogP contribution in [0.15, 0.2) is 0 Å². The maximum absolute atomic E-state index is 11.3. The van der Waals surface area contributed by atoms with E-state index >= 15 is 0 Å². The van der Waals surface area contributed by atoms with Gasteiger partial charge in [0.2, 0.25) is 5.91 Å². The second-order valence-electron chi connectivity index (χ2n) is 4.75. The number of carbonyl (C=O) groups is 1. The molecule has 2 heteroatoms. The van der Waals surface area contributed by atoms with Crippen LogP contribution in [0.5, 0.6) is 0 Å². The Hall–Kier alpha value is -0.530. The van der Waals surface area contributed by atoms with Crippen LogP contribution in [0.4, 0.5) is 0 Å². The Morgan fingerprint density at radius 1 is 1.27 bits per heavy atom. The van der Waals surface area contributed by atoms with E-state index in [0.717, 1.165) is 31.7 Å². The monoisotopic (exact) mass is 211 g/mol. The summed E-state index contributed by atoms with van der Waals surface area (Å²) in [5, 5.41) is 2.93.